The third-order valence-electron chi connectivity index (χ3n) is 2.31. The van der Waals surface area contributed by atoms with Gasteiger partial charge >= 0.3 is 0 Å². The van der Waals surface area contributed by atoms with Crippen molar-refractivity contribution in [2.45, 2.75) is 45.4 Å². The molecule has 0 bridgehead atoms. The van der Waals surface area contributed by atoms with Gasteiger partial charge in [0.1, 0.15) is 0 Å². The topological polar surface area (TPSA) is 24.1 Å². The minimum Gasteiger partial charge on any atom is -0.317 e. The van der Waals surface area contributed by atoms with Crippen molar-refractivity contribution < 1.29 is 0 Å². The van der Waals surface area contributed by atoms with Crippen molar-refractivity contribution in [1.82, 2.24) is 10.6 Å². The van der Waals surface area contributed by atoms with Crippen LogP contribution in [0.3, 0.4) is 0 Å². The lowest BCUT2D eigenvalue weighted by molar-refractivity contribution is 0.563. The van der Waals surface area contributed by atoms with E-state index in [2.05, 4.69) is 24.5 Å². The van der Waals surface area contributed by atoms with Crippen LogP contribution in [0.15, 0.2) is 0 Å². The van der Waals surface area contributed by atoms with E-state index >= 15 is 0 Å². The molecule has 2 N–H and O–H groups in total. The molecule has 0 unspecified atom stereocenters. The molecule has 0 aliphatic rings. The van der Waals surface area contributed by atoms with E-state index in [9.17, 15) is 0 Å². The van der Waals surface area contributed by atoms with Crippen LogP contribution in [-0.2, 0) is 0 Å². The van der Waals surface area contributed by atoms with Crippen LogP contribution in [0.2, 0.25) is 0 Å². The van der Waals surface area contributed by atoms with Crippen molar-refractivity contribution in [2.75, 3.05) is 26.2 Å². The van der Waals surface area contributed by atoms with Crippen LogP contribution in [0, 0.1) is 6.92 Å². The minimum atomic E-state index is 1.05. The van der Waals surface area contributed by atoms with E-state index in [4.69, 9.17) is 0 Å². The molecule has 0 aromatic carbocycles. The summed E-state index contributed by atoms with van der Waals surface area (Å²) < 4.78 is 0. The number of hydrogen-bond acceptors (Lipinski definition) is 2. The van der Waals surface area contributed by atoms with Crippen LogP contribution in [0.4, 0.5) is 0 Å². The molecule has 0 aromatic heterocycles. The van der Waals surface area contributed by atoms with Crippen molar-refractivity contribution in [1.29, 1.82) is 0 Å². The Morgan fingerprint density at radius 1 is 0.786 bits per heavy atom. The number of hydrogen-bond donors (Lipinski definition) is 2. The van der Waals surface area contributed by atoms with Crippen molar-refractivity contribution in [3.8, 4) is 0 Å². The number of unbranched alkanes of at least 4 members (excludes halogenated alkanes) is 4. The van der Waals surface area contributed by atoms with Crippen molar-refractivity contribution >= 4 is 0 Å². The van der Waals surface area contributed by atoms with E-state index < -0.39 is 0 Å². The maximum absolute atomic E-state index is 3.81. The second-order valence-electron chi connectivity index (χ2n) is 3.72. The maximum atomic E-state index is 3.81. The van der Waals surface area contributed by atoms with Gasteiger partial charge in [0, 0.05) is 0 Å². The van der Waals surface area contributed by atoms with Crippen LogP contribution in [0.5, 0.6) is 0 Å². The summed E-state index contributed by atoms with van der Waals surface area (Å²) in [7, 11) is 0. The molecule has 0 aliphatic carbocycles. The Morgan fingerprint density at radius 2 is 1.36 bits per heavy atom. The Kier molecular flexibility index (Phi) is 12.8. The van der Waals surface area contributed by atoms with Gasteiger partial charge in [0.25, 0.3) is 0 Å². The highest BCUT2D eigenvalue weighted by Crippen LogP contribution is 1.97. The molecule has 0 saturated heterocycles. The predicted molar refractivity (Wildman–Crippen MR) is 64.5 cm³/mol. The van der Waals surface area contributed by atoms with Gasteiger partial charge in [-0.15, -0.1) is 0 Å². The summed E-state index contributed by atoms with van der Waals surface area (Å²) in [6, 6.07) is 0. The molecule has 0 atom stereocenters. The zero-order valence-corrected chi connectivity index (χ0v) is 9.78. The molecule has 85 valence electrons. The summed E-state index contributed by atoms with van der Waals surface area (Å²) >= 11 is 0. The molecule has 0 amide bonds. The fraction of sp³-hybridized carbons (Fsp3) is 0.917. The quantitative estimate of drug-likeness (QED) is 0.499. The predicted octanol–water partition coefficient (Wildman–Crippen LogP) is 2.36. The van der Waals surface area contributed by atoms with Gasteiger partial charge in [-0.2, -0.15) is 0 Å². The van der Waals surface area contributed by atoms with Gasteiger partial charge in [-0.1, -0.05) is 33.1 Å². The molecule has 2 heteroatoms. The molecule has 0 aliphatic heterocycles. The van der Waals surface area contributed by atoms with E-state index in [0.29, 0.717) is 0 Å². The average molecular weight is 199 g/mol. The number of nitrogens with one attached hydrogen (secondary N) is 2. The lowest BCUT2D eigenvalue weighted by Crippen LogP contribution is -2.16. The van der Waals surface area contributed by atoms with Gasteiger partial charge < -0.3 is 10.6 Å². The Hall–Kier alpha value is -0.0800. The van der Waals surface area contributed by atoms with Crippen LogP contribution in [-0.4, -0.2) is 26.2 Å². The third kappa shape index (κ3) is 11.9. The summed E-state index contributed by atoms with van der Waals surface area (Å²) in [5.41, 5.74) is 0. The van der Waals surface area contributed by atoms with Crippen LogP contribution < -0.4 is 10.6 Å². The van der Waals surface area contributed by atoms with E-state index in [-0.39, 0.29) is 0 Å². The largest absolute Gasteiger partial charge is 0.317 e. The first-order valence-electron chi connectivity index (χ1n) is 6.12. The van der Waals surface area contributed by atoms with E-state index in [1.165, 1.54) is 45.2 Å². The zero-order chi connectivity index (χ0) is 10.5. The van der Waals surface area contributed by atoms with Crippen molar-refractivity contribution in [3.63, 3.8) is 0 Å². The monoisotopic (exact) mass is 199 g/mol. The highest BCUT2D eigenvalue weighted by molar-refractivity contribution is 4.51. The average Bonchev–Trinajstić information content (AvgIpc) is 2.21. The number of rotatable bonds is 11. The molecule has 0 heterocycles. The van der Waals surface area contributed by atoms with Gasteiger partial charge in [0.15, 0.2) is 0 Å². The van der Waals surface area contributed by atoms with E-state index in [1.807, 2.05) is 0 Å². The lowest BCUT2D eigenvalue weighted by Gasteiger charge is -2.04. The summed E-state index contributed by atoms with van der Waals surface area (Å²) in [5.74, 6) is 0. The molecular weight excluding hydrogens is 172 g/mol. The smallest absolute Gasteiger partial charge is 0.00489 e. The molecular formula is C12H27N2. The Morgan fingerprint density at radius 3 is 1.93 bits per heavy atom. The standard InChI is InChI=1S/C12H27N2/c1-3-5-10-14-12-9-7-6-8-11-13-4-2/h13-14H,1,3-12H2,2H3. The van der Waals surface area contributed by atoms with Crippen LogP contribution in [0.1, 0.15) is 45.4 Å². The second kappa shape index (κ2) is 12.9. The molecule has 0 spiro atoms. The Balaban J connectivity index is 2.78. The lowest BCUT2D eigenvalue weighted by atomic mass is 10.2. The molecule has 0 fully saturated rings. The van der Waals surface area contributed by atoms with Crippen molar-refractivity contribution in [2.24, 2.45) is 0 Å². The summed E-state index contributed by atoms with van der Waals surface area (Å²) in [5, 5.41) is 6.78. The summed E-state index contributed by atoms with van der Waals surface area (Å²) in [6.07, 6.45) is 7.64. The summed E-state index contributed by atoms with van der Waals surface area (Å²) in [4.78, 5) is 0. The molecule has 0 aromatic rings. The zero-order valence-electron chi connectivity index (χ0n) is 9.78. The third-order valence-corrected chi connectivity index (χ3v) is 2.31. The Labute approximate surface area is 89.9 Å². The van der Waals surface area contributed by atoms with Gasteiger partial charge in [-0.25, -0.2) is 0 Å². The SMILES string of the molecule is [CH2]CCCNCCCCCCNCC. The fourth-order valence-electron chi connectivity index (χ4n) is 1.41. The normalized spacial score (nSPS) is 10.7. The van der Waals surface area contributed by atoms with Crippen molar-refractivity contribution in [3.05, 3.63) is 6.92 Å². The molecule has 1 radical (unpaired) electrons. The second-order valence-corrected chi connectivity index (χ2v) is 3.72. The minimum absolute atomic E-state index is 1.05. The highest BCUT2D eigenvalue weighted by Gasteiger charge is 1.90. The summed E-state index contributed by atoms with van der Waals surface area (Å²) in [6.45, 7) is 10.6. The maximum Gasteiger partial charge on any atom is -0.00489 e. The van der Waals surface area contributed by atoms with Gasteiger partial charge in [0.2, 0.25) is 0 Å². The first-order valence-corrected chi connectivity index (χ1v) is 6.12. The van der Waals surface area contributed by atoms with Gasteiger partial charge in [0.05, 0.1) is 0 Å². The molecule has 0 saturated carbocycles. The first-order chi connectivity index (χ1) is 6.91. The van der Waals surface area contributed by atoms with Gasteiger partial charge in [-0.3, -0.25) is 0 Å². The van der Waals surface area contributed by atoms with Crippen LogP contribution in [0.25, 0.3) is 0 Å². The first kappa shape index (κ1) is 13.9. The highest BCUT2D eigenvalue weighted by atomic mass is 14.8. The van der Waals surface area contributed by atoms with E-state index in [1.54, 1.807) is 0 Å². The van der Waals surface area contributed by atoms with E-state index in [0.717, 1.165) is 19.5 Å². The van der Waals surface area contributed by atoms with Crippen LogP contribution >= 0.6 is 0 Å². The van der Waals surface area contributed by atoms with Gasteiger partial charge in [-0.05, 0) is 45.4 Å². The molecule has 2 nitrogen and oxygen atoms in total. The Bertz CT molecular complexity index is 82.3. The molecule has 14 heavy (non-hydrogen) atoms. The molecule has 0 rings (SSSR count). The fourth-order valence-corrected chi connectivity index (χ4v) is 1.41.